The fourth-order valence-electron chi connectivity index (χ4n) is 3.28. The van der Waals surface area contributed by atoms with Gasteiger partial charge in [0.1, 0.15) is 11.6 Å². The second kappa shape index (κ2) is 8.86. The highest BCUT2D eigenvalue weighted by molar-refractivity contribution is 7.88. The Morgan fingerprint density at radius 2 is 1.10 bits per heavy atom. The van der Waals surface area contributed by atoms with Gasteiger partial charge in [0.15, 0.2) is 0 Å². The summed E-state index contributed by atoms with van der Waals surface area (Å²) in [5, 5.41) is 0. The summed E-state index contributed by atoms with van der Waals surface area (Å²) in [5.41, 5.74) is 0.676. The molecule has 10 heteroatoms. The molecule has 0 aliphatic carbocycles. The van der Waals surface area contributed by atoms with Crippen molar-refractivity contribution in [1.29, 1.82) is 0 Å². The van der Waals surface area contributed by atoms with Gasteiger partial charge < -0.3 is 0 Å². The van der Waals surface area contributed by atoms with E-state index >= 15 is 0 Å². The van der Waals surface area contributed by atoms with Gasteiger partial charge in [-0.3, -0.25) is 0 Å². The number of sulfonamides is 2. The SMILES string of the molecule is O=S(=O)(Cc1cccc(F)c1)N1CCCN(S(=O)(=O)Cc2cccc(F)c2)CC1. The molecule has 0 radical (unpaired) electrons. The molecule has 1 saturated heterocycles. The second-order valence-corrected chi connectivity index (χ2v) is 10.9. The van der Waals surface area contributed by atoms with Crippen molar-refractivity contribution in [3.05, 3.63) is 71.3 Å². The summed E-state index contributed by atoms with van der Waals surface area (Å²) in [4.78, 5) is 0. The van der Waals surface area contributed by atoms with E-state index in [-0.39, 0.29) is 37.7 Å². The molecule has 0 atom stereocenters. The van der Waals surface area contributed by atoms with Crippen LogP contribution in [0.2, 0.25) is 0 Å². The van der Waals surface area contributed by atoms with Crippen LogP contribution in [-0.2, 0) is 31.6 Å². The second-order valence-electron chi connectivity index (χ2n) is 6.92. The summed E-state index contributed by atoms with van der Waals surface area (Å²) in [6.45, 7) is 0.396. The van der Waals surface area contributed by atoms with E-state index < -0.39 is 31.7 Å². The lowest BCUT2D eigenvalue weighted by Gasteiger charge is -2.22. The molecular weight excluding hydrogens is 422 g/mol. The number of rotatable bonds is 6. The number of benzene rings is 2. The van der Waals surface area contributed by atoms with Gasteiger partial charge in [-0.05, 0) is 41.8 Å². The lowest BCUT2D eigenvalue weighted by molar-refractivity contribution is 0.404. The largest absolute Gasteiger partial charge is 0.218 e. The molecule has 158 valence electrons. The standard InChI is InChI=1S/C19H22F2N2O4S2/c20-18-6-1-4-16(12-18)14-28(24,25)22-8-3-9-23(11-10-22)29(26,27)15-17-5-2-7-19(21)13-17/h1-2,4-7,12-13H,3,8-11,14-15H2. The van der Waals surface area contributed by atoms with Gasteiger partial charge in [-0.1, -0.05) is 24.3 Å². The fraction of sp³-hybridized carbons (Fsp3) is 0.368. The van der Waals surface area contributed by atoms with Crippen molar-refractivity contribution < 1.29 is 25.6 Å². The zero-order chi connectivity index (χ0) is 21.1. The van der Waals surface area contributed by atoms with Crippen LogP contribution in [0.4, 0.5) is 8.78 Å². The Balaban J connectivity index is 1.67. The molecule has 0 saturated carbocycles. The minimum absolute atomic E-state index is 0.0139. The van der Waals surface area contributed by atoms with E-state index in [4.69, 9.17) is 0 Å². The summed E-state index contributed by atoms with van der Waals surface area (Å²) >= 11 is 0. The molecule has 0 bridgehead atoms. The predicted molar refractivity (Wildman–Crippen MR) is 106 cm³/mol. The molecule has 6 nitrogen and oxygen atoms in total. The number of halogens is 2. The molecule has 2 aromatic rings. The Morgan fingerprint density at radius 3 is 1.48 bits per heavy atom. The van der Waals surface area contributed by atoms with E-state index in [1.54, 1.807) is 0 Å². The van der Waals surface area contributed by atoms with Crippen molar-refractivity contribution >= 4 is 20.0 Å². The Kier molecular flexibility index (Phi) is 6.67. The summed E-state index contributed by atoms with van der Waals surface area (Å²) in [7, 11) is -7.43. The maximum Gasteiger partial charge on any atom is 0.218 e. The Labute approximate surface area is 169 Å². The predicted octanol–water partition coefficient (Wildman–Crippen LogP) is 2.33. The third kappa shape index (κ3) is 5.81. The van der Waals surface area contributed by atoms with Crippen molar-refractivity contribution in [2.24, 2.45) is 0 Å². The molecule has 0 amide bonds. The molecule has 1 fully saturated rings. The molecule has 29 heavy (non-hydrogen) atoms. The zero-order valence-electron chi connectivity index (χ0n) is 15.7. The Morgan fingerprint density at radius 1 is 0.690 bits per heavy atom. The normalized spacial score (nSPS) is 17.2. The van der Waals surface area contributed by atoms with E-state index in [1.807, 2.05) is 0 Å². The quantitative estimate of drug-likeness (QED) is 0.686. The summed E-state index contributed by atoms with van der Waals surface area (Å²) in [5.74, 6) is -1.71. The highest BCUT2D eigenvalue weighted by atomic mass is 32.2. The monoisotopic (exact) mass is 444 g/mol. The van der Waals surface area contributed by atoms with Crippen molar-refractivity contribution in [3.8, 4) is 0 Å². The summed E-state index contributed by atoms with van der Waals surface area (Å²) in [6, 6.07) is 10.8. The first-order valence-electron chi connectivity index (χ1n) is 9.10. The van der Waals surface area contributed by atoms with Crippen LogP contribution in [0.15, 0.2) is 48.5 Å². The van der Waals surface area contributed by atoms with Crippen LogP contribution in [-0.4, -0.2) is 51.6 Å². The van der Waals surface area contributed by atoms with Gasteiger partial charge in [0.05, 0.1) is 11.5 Å². The van der Waals surface area contributed by atoms with Crippen LogP contribution in [0.25, 0.3) is 0 Å². The lowest BCUT2D eigenvalue weighted by Crippen LogP contribution is -2.38. The first-order chi connectivity index (χ1) is 13.7. The van der Waals surface area contributed by atoms with Crippen LogP contribution in [0.3, 0.4) is 0 Å². The van der Waals surface area contributed by atoms with Gasteiger partial charge in [-0.2, -0.15) is 0 Å². The Bertz CT molecular complexity index is 990. The first-order valence-corrected chi connectivity index (χ1v) is 12.3. The van der Waals surface area contributed by atoms with Crippen LogP contribution in [0.1, 0.15) is 17.5 Å². The molecular formula is C19H22F2N2O4S2. The summed E-state index contributed by atoms with van der Waals surface area (Å²) in [6.07, 6.45) is 0.338. The molecule has 1 heterocycles. The van der Waals surface area contributed by atoms with E-state index in [9.17, 15) is 25.6 Å². The minimum atomic E-state index is -3.71. The fourth-order valence-corrected chi connectivity index (χ4v) is 6.38. The van der Waals surface area contributed by atoms with Crippen molar-refractivity contribution in [1.82, 2.24) is 8.61 Å². The number of hydrogen-bond acceptors (Lipinski definition) is 4. The van der Waals surface area contributed by atoms with Crippen molar-refractivity contribution in [2.45, 2.75) is 17.9 Å². The Hall–Kier alpha value is -1.88. The smallest absolute Gasteiger partial charge is 0.212 e. The van der Waals surface area contributed by atoms with E-state index in [0.717, 1.165) is 0 Å². The van der Waals surface area contributed by atoms with Gasteiger partial charge in [0.2, 0.25) is 20.0 Å². The number of nitrogens with zero attached hydrogens (tertiary/aromatic N) is 2. The van der Waals surface area contributed by atoms with Crippen molar-refractivity contribution in [3.63, 3.8) is 0 Å². The van der Waals surface area contributed by atoms with Crippen molar-refractivity contribution in [2.75, 3.05) is 26.2 Å². The maximum atomic E-state index is 13.3. The highest BCUT2D eigenvalue weighted by Crippen LogP contribution is 2.18. The minimum Gasteiger partial charge on any atom is -0.212 e. The summed E-state index contributed by atoms with van der Waals surface area (Å²) < 4.78 is 79.9. The van der Waals surface area contributed by atoms with E-state index in [1.165, 1.54) is 57.1 Å². The van der Waals surface area contributed by atoms with Gasteiger partial charge in [-0.25, -0.2) is 34.2 Å². The van der Waals surface area contributed by atoms with Gasteiger partial charge in [0.25, 0.3) is 0 Å². The molecule has 1 aliphatic heterocycles. The molecule has 2 aromatic carbocycles. The third-order valence-electron chi connectivity index (χ3n) is 4.68. The van der Waals surface area contributed by atoms with Gasteiger partial charge in [-0.15, -0.1) is 0 Å². The van der Waals surface area contributed by atoms with E-state index in [2.05, 4.69) is 0 Å². The maximum absolute atomic E-state index is 13.3. The average Bonchev–Trinajstić information content (AvgIpc) is 2.88. The lowest BCUT2D eigenvalue weighted by atomic mass is 10.2. The van der Waals surface area contributed by atoms with Gasteiger partial charge >= 0.3 is 0 Å². The van der Waals surface area contributed by atoms with Crippen LogP contribution >= 0.6 is 0 Å². The average molecular weight is 445 g/mol. The van der Waals surface area contributed by atoms with Crippen LogP contribution < -0.4 is 0 Å². The van der Waals surface area contributed by atoms with E-state index in [0.29, 0.717) is 17.5 Å². The van der Waals surface area contributed by atoms with Gasteiger partial charge in [0, 0.05) is 26.2 Å². The molecule has 0 unspecified atom stereocenters. The number of hydrogen-bond donors (Lipinski definition) is 0. The molecule has 0 N–H and O–H groups in total. The molecule has 3 rings (SSSR count). The highest BCUT2D eigenvalue weighted by Gasteiger charge is 2.30. The molecule has 0 aromatic heterocycles. The molecule has 1 aliphatic rings. The topological polar surface area (TPSA) is 74.8 Å². The van der Waals surface area contributed by atoms with Crippen LogP contribution in [0.5, 0.6) is 0 Å². The first kappa shape index (κ1) is 21.8. The third-order valence-corrected chi connectivity index (χ3v) is 8.38. The molecule has 0 spiro atoms. The van der Waals surface area contributed by atoms with Crippen LogP contribution in [0, 0.1) is 11.6 Å². The zero-order valence-corrected chi connectivity index (χ0v) is 17.3.